The normalized spacial score (nSPS) is 10.0. The molecule has 0 radical (unpaired) electrons. The number of hydrogen-bond donors (Lipinski definition) is 0. The van der Waals surface area contributed by atoms with Gasteiger partial charge in [-0.15, -0.1) is 0 Å². The first-order valence-electron chi connectivity index (χ1n) is 2.98. The summed E-state index contributed by atoms with van der Waals surface area (Å²) in [7, 11) is 0. The Hall–Kier alpha value is 0.0634. The summed E-state index contributed by atoms with van der Waals surface area (Å²) in [6.07, 6.45) is 0. The van der Waals surface area contributed by atoms with Crippen LogP contribution in [0.15, 0.2) is 18.2 Å². The predicted octanol–water partition coefficient (Wildman–Crippen LogP) is 2.53. The van der Waals surface area contributed by atoms with Gasteiger partial charge in [-0.2, -0.15) is 0 Å². The number of hydrogen-bond acceptors (Lipinski definition) is 0. The average Bonchev–Trinajstić information content (AvgIpc) is 1.95. The van der Waals surface area contributed by atoms with Gasteiger partial charge in [0.05, 0.1) is 0 Å². The standard InChI is InChI=1S/C7H5ClF.Zn/c1-5-3-2-4-6(8)7(5)9;/h2-4H,1H2;. The van der Waals surface area contributed by atoms with E-state index in [0.717, 1.165) is 28.9 Å². The Morgan fingerprint density at radius 3 is 2.70 bits per heavy atom. The molecule has 0 fully saturated rings. The van der Waals surface area contributed by atoms with E-state index in [-0.39, 0.29) is 10.8 Å². The van der Waals surface area contributed by atoms with Crippen LogP contribution in [0.1, 0.15) is 5.56 Å². The van der Waals surface area contributed by atoms with Gasteiger partial charge in [0, 0.05) is 0 Å². The summed E-state index contributed by atoms with van der Waals surface area (Å²) in [5.41, 5.74) is 0.729. The molecule has 0 spiro atoms. The van der Waals surface area contributed by atoms with E-state index in [0.29, 0.717) is 0 Å². The summed E-state index contributed by atoms with van der Waals surface area (Å²) in [6.45, 7) is 0. The number of benzene rings is 1. The molecule has 1 aromatic rings. The van der Waals surface area contributed by atoms with Gasteiger partial charge >= 0.3 is 73.9 Å². The first-order valence-corrected chi connectivity index (χ1v) is 5.45. The summed E-state index contributed by atoms with van der Waals surface area (Å²) in [5, 5.41) is 1.04. The second kappa shape index (κ2) is 3.45. The fraction of sp³-hybridized carbons (Fsp3) is 0.143. The van der Waals surface area contributed by atoms with E-state index in [1.807, 2.05) is 0 Å². The topological polar surface area (TPSA) is 0 Å². The molecule has 0 unspecified atom stereocenters. The molecule has 0 saturated carbocycles. The Labute approximate surface area is 74.1 Å². The van der Waals surface area contributed by atoms with Crippen LogP contribution >= 0.6 is 11.6 Å². The van der Waals surface area contributed by atoms with Crippen LogP contribution < -0.4 is 0 Å². The molecule has 3 heteroatoms. The van der Waals surface area contributed by atoms with E-state index >= 15 is 0 Å². The molecule has 0 atom stereocenters. The van der Waals surface area contributed by atoms with Crippen molar-refractivity contribution in [3.63, 3.8) is 0 Å². The number of rotatable bonds is 1. The maximum atomic E-state index is 12.9. The summed E-state index contributed by atoms with van der Waals surface area (Å²) >= 11 is 6.60. The Balaban J connectivity index is 3.14. The quantitative estimate of drug-likeness (QED) is 0.623. The fourth-order valence-corrected chi connectivity index (χ4v) is 1.75. The second-order valence-electron chi connectivity index (χ2n) is 1.96. The van der Waals surface area contributed by atoms with Crippen molar-refractivity contribution in [1.82, 2.24) is 0 Å². The molecule has 0 N–H and O–H groups in total. The van der Waals surface area contributed by atoms with Crippen LogP contribution in [0.5, 0.6) is 0 Å². The van der Waals surface area contributed by atoms with E-state index in [2.05, 4.69) is 0 Å². The summed E-state index contributed by atoms with van der Waals surface area (Å²) < 4.78 is 12.9. The van der Waals surface area contributed by atoms with Crippen LogP contribution in [0, 0.1) is 5.82 Å². The third kappa shape index (κ3) is 1.56. The van der Waals surface area contributed by atoms with E-state index in [1.165, 1.54) is 0 Å². The fourth-order valence-electron chi connectivity index (χ4n) is 0.742. The van der Waals surface area contributed by atoms with Crippen LogP contribution in [0.25, 0.3) is 0 Å². The van der Waals surface area contributed by atoms with Gasteiger partial charge < -0.3 is 0 Å². The van der Waals surface area contributed by atoms with Crippen molar-refractivity contribution in [2.45, 2.75) is 5.02 Å². The van der Waals surface area contributed by atoms with Crippen molar-refractivity contribution in [1.29, 1.82) is 0 Å². The first kappa shape index (κ1) is 8.16. The molecule has 10 heavy (non-hydrogen) atoms. The van der Waals surface area contributed by atoms with Crippen molar-refractivity contribution in [2.75, 3.05) is 0 Å². The number of halogens is 2. The third-order valence-electron chi connectivity index (χ3n) is 1.30. The average molecular weight is 209 g/mol. The zero-order valence-electron chi connectivity index (χ0n) is 5.40. The van der Waals surface area contributed by atoms with Gasteiger partial charge in [-0.25, -0.2) is 0 Å². The molecule has 0 aliphatic rings. The molecule has 0 amide bonds. The summed E-state index contributed by atoms with van der Waals surface area (Å²) in [5.74, 6) is -0.254. The minimum atomic E-state index is -0.254. The molecule has 1 rings (SSSR count). The van der Waals surface area contributed by atoms with E-state index in [4.69, 9.17) is 11.6 Å². The van der Waals surface area contributed by atoms with Crippen LogP contribution in [0.4, 0.5) is 4.39 Å². The van der Waals surface area contributed by atoms with Gasteiger partial charge in [0.1, 0.15) is 0 Å². The molecular formula is C7H5ClFZn. The van der Waals surface area contributed by atoms with E-state index < -0.39 is 0 Å². The SMILES string of the molecule is Fc1c(Cl)cccc1[CH2][Zn]. The van der Waals surface area contributed by atoms with Gasteiger partial charge in [0.25, 0.3) is 0 Å². The molecule has 0 saturated heterocycles. The Morgan fingerprint density at radius 1 is 1.50 bits per heavy atom. The van der Waals surface area contributed by atoms with Gasteiger partial charge in [0.15, 0.2) is 0 Å². The third-order valence-corrected chi connectivity index (χ3v) is 2.72. The van der Waals surface area contributed by atoms with Gasteiger partial charge in [-0.3, -0.25) is 0 Å². The van der Waals surface area contributed by atoms with E-state index in [9.17, 15) is 4.39 Å². The molecule has 0 aromatic heterocycles. The molecule has 0 nitrogen and oxygen atoms in total. The molecule has 49 valence electrons. The van der Waals surface area contributed by atoms with Crippen molar-refractivity contribution < 1.29 is 22.7 Å². The molecule has 0 aliphatic carbocycles. The Morgan fingerprint density at radius 2 is 2.20 bits per heavy atom. The van der Waals surface area contributed by atoms with Crippen LogP contribution in [-0.2, 0) is 23.3 Å². The van der Waals surface area contributed by atoms with Gasteiger partial charge in [-0.1, -0.05) is 0 Å². The Bertz CT molecular complexity index is 237. The first-order chi connectivity index (χ1) is 4.75. The van der Waals surface area contributed by atoms with Crippen molar-refractivity contribution in [3.8, 4) is 0 Å². The summed E-state index contributed by atoms with van der Waals surface area (Å²) in [4.78, 5) is 0. The molecule has 1 aromatic carbocycles. The zero-order chi connectivity index (χ0) is 7.56. The zero-order valence-corrected chi connectivity index (χ0v) is 9.13. The molecule has 0 heterocycles. The van der Waals surface area contributed by atoms with Gasteiger partial charge in [0.2, 0.25) is 0 Å². The molecule has 0 bridgehead atoms. The van der Waals surface area contributed by atoms with Crippen molar-refractivity contribution in [3.05, 3.63) is 34.6 Å². The second-order valence-corrected chi connectivity index (χ2v) is 3.42. The van der Waals surface area contributed by atoms with Crippen LogP contribution in [0.2, 0.25) is 5.02 Å². The van der Waals surface area contributed by atoms with Crippen LogP contribution in [0.3, 0.4) is 0 Å². The monoisotopic (exact) mass is 207 g/mol. The van der Waals surface area contributed by atoms with Crippen molar-refractivity contribution >= 4 is 11.6 Å². The summed E-state index contributed by atoms with van der Waals surface area (Å²) in [6, 6.07) is 5.11. The maximum absolute atomic E-state index is 12.9. The predicted molar refractivity (Wildman–Crippen MR) is 35.1 cm³/mol. The van der Waals surface area contributed by atoms with E-state index in [1.54, 1.807) is 18.2 Å². The van der Waals surface area contributed by atoms with Crippen molar-refractivity contribution in [2.24, 2.45) is 0 Å². The Kier molecular flexibility index (Phi) is 2.82. The minimum absolute atomic E-state index is 0.228. The molecule has 0 aliphatic heterocycles. The molecular weight excluding hydrogens is 204 g/mol. The van der Waals surface area contributed by atoms with Gasteiger partial charge in [-0.05, 0) is 0 Å². The van der Waals surface area contributed by atoms with Crippen LogP contribution in [-0.4, -0.2) is 0 Å².